The molecule has 0 atom stereocenters. The largest absolute Gasteiger partial charge is 0.573 e. The molecule has 1 rings (SSSR count). The second kappa shape index (κ2) is 5.66. The van der Waals surface area contributed by atoms with Gasteiger partial charge in [-0.25, -0.2) is 8.78 Å². The van der Waals surface area contributed by atoms with E-state index in [9.17, 15) is 22.0 Å². The minimum Gasteiger partial charge on any atom is -0.405 e. The van der Waals surface area contributed by atoms with Crippen LogP contribution in [0, 0.1) is 0 Å². The molecule has 1 N–H and O–H groups in total. The average molecular weight is 292 g/mol. The number of hydrogen-bond donors (Lipinski definition) is 1. The van der Waals surface area contributed by atoms with Crippen molar-refractivity contribution in [3.63, 3.8) is 0 Å². The van der Waals surface area contributed by atoms with Crippen LogP contribution in [0.1, 0.15) is 23.4 Å². The summed E-state index contributed by atoms with van der Waals surface area (Å²) >= 11 is 5.36. The van der Waals surface area contributed by atoms with Crippen LogP contribution < -0.4 is 4.74 Å². The molecule has 0 bridgehead atoms. The lowest BCUT2D eigenvalue weighted by Crippen LogP contribution is -2.19. The van der Waals surface area contributed by atoms with Crippen molar-refractivity contribution in [3.8, 4) is 5.75 Å². The Hall–Kier alpha value is -1.15. The molecule has 0 radical (unpaired) electrons. The van der Waals surface area contributed by atoms with Gasteiger partial charge in [0.2, 0.25) is 0 Å². The molecule has 9 heteroatoms. The predicted octanol–water partition coefficient (Wildman–Crippen LogP) is 3.15. The quantitative estimate of drug-likeness (QED) is 0.684. The van der Waals surface area contributed by atoms with Gasteiger partial charge in [-0.1, -0.05) is 0 Å². The van der Waals surface area contributed by atoms with Crippen molar-refractivity contribution >= 4 is 11.6 Å². The Balaban J connectivity index is 3.34. The number of alkyl halides is 6. The van der Waals surface area contributed by atoms with Gasteiger partial charge < -0.3 is 9.84 Å². The standard InChI is InChI=1S/C9H7ClF5NO2/c10-2-4-1-6(18-9(13,14)15)7(8(11)12)5(3-17)16-4/h1,8,17H,2-3H2. The van der Waals surface area contributed by atoms with Crippen molar-refractivity contribution in [1.82, 2.24) is 4.98 Å². The van der Waals surface area contributed by atoms with Crippen LogP contribution in [-0.2, 0) is 12.5 Å². The van der Waals surface area contributed by atoms with Crippen LogP contribution in [0.5, 0.6) is 5.75 Å². The van der Waals surface area contributed by atoms with Crippen molar-refractivity contribution < 1.29 is 31.8 Å². The van der Waals surface area contributed by atoms with Crippen molar-refractivity contribution in [3.05, 3.63) is 23.0 Å². The number of pyridine rings is 1. The average Bonchev–Trinajstić information content (AvgIpc) is 2.25. The maximum absolute atomic E-state index is 12.7. The SMILES string of the molecule is OCc1nc(CCl)cc(OC(F)(F)F)c1C(F)F. The zero-order valence-corrected chi connectivity index (χ0v) is 9.40. The Morgan fingerprint density at radius 1 is 1.39 bits per heavy atom. The van der Waals surface area contributed by atoms with Crippen LogP contribution in [0.4, 0.5) is 22.0 Å². The van der Waals surface area contributed by atoms with E-state index in [1.54, 1.807) is 0 Å². The summed E-state index contributed by atoms with van der Waals surface area (Å²) in [5, 5.41) is 8.83. The van der Waals surface area contributed by atoms with Gasteiger partial charge >= 0.3 is 6.36 Å². The van der Waals surface area contributed by atoms with Gasteiger partial charge in [0.1, 0.15) is 5.75 Å². The molecule has 0 aliphatic rings. The van der Waals surface area contributed by atoms with E-state index in [2.05, 4.69) is 9.72 Å². The number of ether oxygens (including phenoxy) is 1. The van der Waals surface area contributed by atoms with E-state index in [1.807, 2.05) is 0 Å². The summed E-state index contributed by atoms with van der Waals surface area (Å²) in [6.45, 7) is -0.946. The lowest BCUT2D eigenvalue weighted by atomic mass is 10.1. The van der Waals surface area contributed by atoms with Crippen LogP contribution in [0.25, 0.3) is 0 Å². The summed E-state index contributed by atoms with van der Waals surface area (Å²) in [4.78, 5) is 3.51. The Kier molecular flexibility index (Phi) is 4.69. The van der Waals surface area contributed by atoms with Gasteiger partial charge in [0.15, 0.2) is 0 Å². The lowest BCUT2D eigenvalue weighted by molar-refractivity contribution is -0.275. The minimum atomic E-state index is -5.12. The molecule has 0 fully saturated rings. The van der Waals surface area contributed by atoms with Gasteiger partial charge in [0, 0.05) is 6.07 Å². The Morgan fingerprint density at radius 2 is 2.00 bits per heavy atom. The van der Waals surface area contributed by atoms with Gasteiger partial charge in [0.05, 0.1) is 29.4 Å². The molecule has 0 saturated carbocycles. The molecule has 1 aromatic rings. The fourth-order valence-corrected chi connectivity index (χ4v) is 1.41. The molecule has 18 heavy (non-hydrogen) atoms. The summed E-state index contributed by atoms with van der Waals surface area (Å²) in [6.07, 6.45) is -8.39. The monoisotopic (exact) mass is 291 g/mol. The van der Waals surface area contributed by atoms with Crippen LogP contribution in [0.15, 0.2) is 6.07 Å². The Bertz CT molecular complexity index is 424. The first-order valence-corrected chi connectivity index (χ1v) is 5.05. The Labute approximate surface area is 103 Å². The summed E-state index contributed by atoms with van der Waals surface area (Å²) < 4.78 is 65.0. The first-order chi connectivity index (χ1) is 8.28. The van der Waals surface area contributed by atoms with E-state index in [-0.39, 0.29) is 11.6 Å². The molecule has 0 aliphatic heterocycles. The molecule has 0 saturated heterocycles. The molecule has 1 heterocycles. The molecular formula is C9H7ClF5NO2. The second-order valence-corrected chi connectivity index (χ2v) is 3.38. The van der Waals surface area contributed by atoms with Crippen molar-refractivity contribution in [1.29, 1.82) is 0 Å². The number of aliphatic hydroxyl groups is 1. The van der Waals surface area contributed by atoms with Crippen molar-refractivity contribution in [2.24, 2.45) is 0 Å². The lowest BCUT2D eigenvalue weighted by Gasteiger charge is -2.16. The molecular weight excluding hydrogens is 285 g/mol. The maximum Gasteiger partial charge on any atom is 0.573 e. The fourth-order valence-electron chi connectivity index (χ4n) is 1.27. The molecule has 0 aromatic carbocycles. The Morgan fingerprint density at radius 3 is 2.39 bits per heavy atom. The number of hydrogen-bond acceptors (Lipinski definition) is 3. The number of halogens is 6. The normalized spacial score (nSPS) is 12.0. The topological polar surface area (TPSA) is 42.4 Å². The molecule has 0 aliphatic carbocycles. The van der Waals surface area contributed by atoms with Gasteiger partial charge in [-0.3, -0.25) is 4.98 Å². The zero-order valence-electron chi connectivity index (χ0n) is 8.64. The maximum atomic E-state index is 12.7. The van der Waals surface area contributed by atoms with E-state index in [1.165, 1.54) is 0 Å². The molecule has 102 valence electrons. The highest BCUT2D eigenvalue weighted by molar-refractivity contribution is 6.16. The van der Waals surface area contributed by atoms with E-state index < -0.39 is 36.4 Å². The highest BCUT2D eigenvalue weighted by Crippen LogP contribution is 2.35. The first-order valence-electron chi connectivity index (χ1n) is 4.52. The van der Waals surface area contributed by atoms with Crippen LogP contribution in [0.2, 0.25) is 0 Å². The van der Waals surface area contributed by atoms with Crippen molar-refractivity contribution in [2.75, 3.05) is 0 Å². The second-order valence-electron chi connectivity index (χ2n) is 3.11. The molecule has 0 spiro atoms. The number of aromatic nitrogens is 1. The summed E-state index contributed by atoms with van der Waals surface area (Å²) in [5.74, 6) is -1.41. The highest BCUT2D eigenvalue weighted by Gasteiger charge is 2.34. The zero-order chi connectivity index (χ0) is 13.9. The number of nitrogens with zero attached hydrogens (tertiary/aromatic N) is 1. The van der Waals surface area contributed by atoms with E-state index in [0.29, 0.717) is 6.07 Å². The third-order valence-corrected chi connectivity index (χ3v) is 2.16. The molecule has 1 aromatic heterocycles. The molecule has 0 unspecified atom stereocenters. The summed E-state index contributed by atoms with van der Waals surface area (Å²) in [5.41, 5.74) is -1.80. The molecule has 0 amide bonds. The third kappa shape index (κ3) is 3.67. The number of aliphatic hydroxyl groups excluding tert-OH is 1. The van der Waals surface area contributed by atoms with Gasteiger partial charge in [-0.2, -0.15) is 0 Å². The van der Waals surface area contributed by atoms with Gasteiger partial charge in [0.25, 0.3) is 6.43 Å². The highest BCUT2D eigenvalue weighted by atomic mass is 35.5. The summed E-state index contributed by atoms with van der Waals surface area (Å²) in [7, 11) is 0. The first kappa shape index (κ1) is 14.9. The van der Waals surface area contributed by atoms with Crippen molar-refractivity contribution in [2.45, 2.75) is 25.3 Å². The van der Waals surface area contributed by atoms with E-state index in [0.717, 1.165) is 0 Å². The van der Waals surface area contributed by atoms with Crippen LogP contribution >= 0.6 is 11.6 Å². The minimum absolute atomic E-state index is 0.107. The van der Waals surface area contributed by atoms with Gasteiger partial charge in [-0.15, -0.1) is 24.8 Å². The van der Waals surface area contributed by atoms with Gasteiger partial charge in [-0.05, 0) is 0 Å². The van der Waals surface area contributed by atoms with E-state index >= 15 is 0 Å². The summed E-state index contributed by atoms with van der Waals surface area (Å²) in [6, 6.07) is 0.668. The van der Waals surface area contributed by atoms with Crippen LogP contribution in [-0.4, -0.2) is 16.5 Å². The predicted molar refractivity (Wildman–Crippen MR) is 51.4 cm³/mol. The fraction of sp³-hybridized carbons (Fsp3) is 0.444. The van der Waals surface area contributed by atoms with Crippen LogP contribution in [0.3, 0.4) is 0 Å². The third-order valence-electron chi connectivity index (χ3n) is 1.88. The molecule has 3 nitrogen and oxygen atoms in total. The van der Waals surface area contributed by atoms with E-state index in [4.69, 9.17) is 16.7 Å². The number of rotatable bonds is 4. The smallest absolute Gasteiger partial charge is 0.405 e.